The van der Waals surface area contributed by atoms with E-state index in [1.165, 1.54) is 0 Å². The van der Waals surface area contributed by atoms with Crippen LogP contribution < -0.4 is 5.32 Å². The Kier molecular flexibility index (Phi) is 7.43. The molecule has 1 aromatic rings. The van der Waals surface area contributed by atoms with E-state index in [0.29, 0.717) is 19.5 Å². The molecule has 0 aliphatic rings. The summed E-state index contributed by atoms with van der Waals surface area (Å²) < 4.78 is 0.994. The lowest BCUT2D eigenvalue weighted by Gasteiger charge is -2.28. The molecule has 1 rings (SSSR count). The zero-order valence-electron chi connectivity index (χ0n) is 12.9. The fraction of sp³-hybridized carbons (Fsp3) is 0.500. The van der Waals surface area contributed by atoms with E-state index in [1.54, 1.807) is 11.8 Å². The van der Waals surface area contributed by atoms with E-state index in [4.69, 9.17) is 0 Å². The van der Waals surface area contributed by atoms with Gasteiger partial charge in [-0.25, -0.2) is 0 Å². The number of hydrogen-bond acceptors (Lipinski definition) is 2. The summed E-state index contributed by atoms with van der Waals surface area (Å²) in [6.07, 6.45) is 1.27. The average Bonchev–Trinajstić information content (AvgIpc) is 2.50. The highest BCUT2D eigenvalue weighted by atomic mass is 79.9. The minimum atomic E-state index is -0.465. The first-order valence-electron chi connectivity index (χ1n) is 7.31. The SMILES string of the molecule is CCCNC(=O)[C@H](C)N(Cc1ccc(Br)cc1)C(=O)CC. The number of nitrogens with one attached hydrogen (secondary N) is 1. The standard InChI is InChI=1S/C16H23BrN2O2/c1-4-10-18-16(21)12(3)19(15(20)5-2)11-13-6-8-14(17)9-7-13/h6-9,12H,4-5,10-11H2,1-3H3,(H,18,21)/t12-/m0/s1. The first-order valence-corrected chi connectivity index (χ1v) is 8.10. The molecular weight excluding hydrogens is 332 g/mol. The lowest BCUT2D eigenvalue weighted by atomic mass is 10.1. The highest BCUT2D eigenvalue weighted by Gasteiger charge is 2.24. The van der Waals surface area contributed by atoms with Gasteiger partial charge < -0.3 is 10.2 Å². The molecule has 1 atom stereocenters. The molecule has 0 aliphatic heterocycles. The quantitative estimate of drug-likeness (QED) is 0.817. The maximum absolute atomic E-state index is 12.1. The Bertz CT molecular complexity index is 474. The number of amides is 2. The average molecular weight is 355 g/mol. The Morgan fingerprint density at radius 3 is 2.38 bits per heavy atom. The number of carbonyl (C=O) groups excluding carboxylic acids is 2. The normalized spacial score (nSPS) is 11.8. The van der Waals surface area contributed by atoms with Gasteiger partial charge in [0.25, 0.3) is 0 Å². The van der Waals surface area contributed by atoms with Crippen LogP contribution in [0.5, 0.6) is 0 Å². The second-order valence-corrected chi connectivity index (χ2v) is 5.88. The molecule has 0 saturated heterocycles. The van der Waals surface area contributed by atoms with Crippen LogP contribution in [0.3, 0.4) is 0 Å². The van der Waals surface area contributed by atoms with Crippen molar-refractivity contribution < 1.29 is 9.59 Å². The van der Waals surface area contributed by atoms with Crippen LogP contribution in [0, 0.1) is 0 Å². The van der Waals surface area contributed by atoms with Crippen LogP contribution in [0.15, 0.2) is 28.7 Å². The molecule has 1 N–H and O–H groups in total. The summed E-state index contributed by atoms with van der Waals surface area (Å²) in [6.45, 7) is 6.67. The first-order chi connectivity index (χ1) is 9.99. The molecule has 116 valence electrons. The summed E-state index contributed by atoms with van der Waals surface area (Å²) >= 11 is 3.39. The molecule has 21 heavy (non-hydrogen) atoms. The largest absolute Gasteiger partial charge is 0.354 e. The van der Waals surface area contributed by atoms with Crippen LogP contribution in [0.1, 0.15) is 39.2 Å². The van der Waals surface area contributed by atoms with E-state index in [-0.39, 0.29) is 11.8 Å². The number of halogens is 1. The number of hydrogen-bond donors (Lipinski definition) is 1. The number of nitrogens with zero attached hydrogens (tertiary/aromatic N) is 1. The highest BCUT2D eigenvalue weighted by molar-refractivity contribution is 9.10. The summed E-state index contributed by atoms with van der Waals surface area (Å²) in [5, 5.41) is 2.85. The van der Waals surface area contributed by atoms with Crippen LogP contribution in [0.2, 0.25) is 0 Å². The van der Waals surface area contributed by atoms with Crippen molar-refractivity contribution in [2.45, 2.75) is 46.2 Å². The Morgan fingerprint density at radius 2 is 1.86 bits per heavy atom. The minimum Gasteiger partial charge on any atom is -0.354 e. The summed E-state index contributed by atoms with van der Waals surface area (Å²) in [4.78, 5) is 25.9. The molecule has 1 aromatic carbocycles. The maximum atomic E-state index is 12.1. The van der Waals surface area contributed by atoms with Crippen LogP contribution >= 0.6 is 15.9 Å². The number of rotatable bonds is 7. The van der Waals surface area contributed by atoms with E-state index in [9.17, 15) is 9.59 Å². The first kappa shape index (κ1) is 17.7. The fourth-order valence-corrected chi connectivity index (χ4v) is 2.23. The molecule has 0 radical (unpaired) electrons. The topological polar surface area (TPSA) is 49.4 Å². The van der Waals surface area contributed by atoms with E-state index in [2.05, 4.69) is 21.2 Å². The third-order valence-corrected chi connectivity index (χ3v) is 3.81. The van der Waals surface area contributed by atoms with Gasteiger partial charge in [0.15, 0.2) is 0 Å². The van der Waals surface area contributed by atoms with Gasteiger partial charge in [-0.15, -0.1) is 0 Å². The Labute approximate surface area is 135 Å². The van der Waals surface area contributed by atoms with Gasteiger partial charge in [-0.2, -0.15) is 0 Å². The molecule has 0 spiro atoms. The second kappa shape index (κ2) is 8.82. The van der Waals surface area contributed by atoms with E-state index >= 15 is 0 Å². The van der Waals surface area contributed by atoms with Crippen molar-refractivity contribution in [3.05, 3.63) is 34.3 Å². The number of carbonyl (C=O) groups is 2. The number of benzene rings is 1. The fourth-order valence-electron chi connectivity index (χ4n) is 1.97. The summed E-state index contributed by atoms with van der Waals surface area (Å²) in [5.41, 5.74) is 1.01. The van der Waals surface area contributed by atoms with Gasteiger partial charge in [-0.1, -0.05) is 41.9 Å². The second-order valence-electron chi connectivity index (χ2n) is 4.97. The molecule has 0 fully saturated rings. The predicted octanol–water partition coefficient (Wildman–Crippen LogP) is 3.10. The molecule has 0 aliphatic carbocycles. The van der Waals surface area contributed by atoms with Crippen molar-refractivity contribution in [3.63, 3.8) is 0 Å². The van der Waals surface area contributed by atoms with Gasteiger partial charge >= 0.3 is 0 Å². The van der Waals surface area contributed by atoms with Crippen LogP contribution in [0.25, 0.3) is 0 Å². The Balaban J connectivity index is 2.82. The van der Waals surface area contributed by atoms with Crippen molar-refractivity contribution in [2.24, 2.45) is 0 Å². The van der Waals surface area contributed by atoms with Crippen LogP contribution in [-0.4, -0.2) is 29.3 Å². The lowest BCUT2D eigenvalue weighted by Crippen LogP contribution is -2.47. The van der Waals surface area contributed by atoms with Crippen molar-refractivity contribution in [1.82, 2.24) is 10.2 Å². The highest BCUT2D eigenvalue weighted by Crippen LogP contribution is 2.14. The summed E-state index contributed by atoms with van der Waals surface area (Å²) in [7, 11) is 0. The summed E-state index contributed by atoms with van der Waals surface area (Å²) in [5.74, 6) is -0.118. The van der Waals surface area contributed by atoms with Crippen molar-refractivity contribution in [3.8, 4) is 0 Å². The molecule has 0 bridgehead atoms. The van der Waals surface area contributed by atoms with Gasteiger partial charge in [0, 0.05) is 24.0 Å². The van der Waals surface area contributed by atoms with E-state index in [1.807, 2.05) is 38.1 Å². The zero-order valence-corrected chi connectivity index (χ0v) is 14.4. The van der Waals surface area contributed by atoms with Gasteiger partial charge in [-0.3, -0.25) is 9.59 Å². The Morgan fingerprint density at radius 1 is 1.24 bits per heavy atom. The van der Waals surface area contributed by atoms with Gasteiger partial charge in [-0.05, 0) is 31.0 Å². The van der Waals surface area contributed by atoms with Crippen LogP contribution in [0.4, 0.5) is 0 Å². The molecular formula is C16H23BrN2O2. The molecule has 2 amide bonds. The molecule has 0 aromatic heterocycles. The molecule has 4 nitrogen and oxygen atoms in total. The summed E-state index contributed by atoms with van der Waals surface area (Å²) in [6, 6.07) is 7.32. The van der Waals surface area contributed by atoms with Gasteiger partial charge in [0.1, 0.15) is 6.04 Å². The van der Waals surface area contributed by atoms with E-state index < -0.39 is 6.04 Å². The predicted molar refractivity (Wildman–Crippen MR) is 87.7 cm³/mol. The van der Waals surface area contributed by atoms with Crippen molar-refractivity contribution in [1.29, 1.82) is 0 Å². The van der Waals surface area contributed by atoms with Crippen LogP contribution in [-0.2, 0) is 16.1 Å². The molecule has 0 heterocycles. The molecule has 0 unspecified atom stereocenters. The van der Waals surface area contributed by atoms with Gasteiger partial charge in [0.2, 0.25) is 11.8 Å². The van der Waals surface area contributed by atoms with Crippen molar-refractivity contribution >= 4 is 27.7 Å². The lowest BCUT2D eigenvalue weighted by molar-refractivity contribution is -0.140. The maximum Gasteiger partial charge on any atom is 0.242 e. The third-order valence-electron chi connectivity index (χ3n) is 3.29. The monoisotopic (exact) mass is 354 g/mol. The van der Waals surface area contributed by atoms with Gasteiger partial charge in [0.05, 0.1) is 0 Å². The third kappa shape index (κ3) is 5.50. The Hall–Kier alpha value is -1.36. The van der Waals surface area contributed by atoms with E-state index in [0.717, 1.165) is 16.5 Å². The minimum absolute atomic E-state index is 0.0166. The molecule has 0 saturated carbocycles. The molecule has 5 heteroatoms. The zero-order chi connectivity index (χ0) is 15.8. The smallest absolute Gasteiger partial charge is 0.242 e. The van der Waals surface area contributed by atoms with Crippen molar-refractivity contribution in [2.75, 3.05) is 6.54 Å².